The van der Waals surface area contributed by atoms with Gasteiger partial charge in [-0.3, -0.25) is 19.3 Å². The molecule has 0 spiro atoms. The first-order valence-electron chi connectivity index (χ1n) is 23.5. The minimum absolute atomic E-state index is 0.222. The molecule has 1 atom stereocenters. The molecule has 0 aliphatic heterocycles. The molecule has 0 saturated heterocycles. The number of carbonyl (C=O) groups is 3. The fraction of sp³-hybridized carbons (Fsp3) is 0.854. The Labute approximate surface area is 347 Å². The summed E-state index contributed by atoms with van der Waals surface area (Å²) in [5, 5.41) is 23.2. The predicted octanol–water partition coefficient (Wildman–Crippen LogP) is 14.2. The maximum atomic E-state index is 9.37. The van der Waals surface area contributed by atoms with Crippen molar-refractivity contribution in [2.45, 2.75) is 247 Å². The summed E-state index contributed by atoms with van der Waals surface area (Å²) in [6.45, 7) is 15.0. The fourth-order valence-electron chi connectivity index (χ4n) is 5.83. The lowest BCUT2D eigenvalue weighted by atomic mass is 10.1. The topological polar surface area (TPSA) is 141 Å². The molecule has 0 amide bonds. The van der Waals surface area contributed by atoms with E-state index in [0.29, 0.717) is 6.04 Å². The predicted molar refractivity (Wildman–Crippen MR) is 243 cm³/mol. The lowest BCUT2D eigenvalue weighted by molar-refractivity contribution is -0.137. The summed E-state index contributed by atoms with van der Waals surface area (Å²) >= 11 is 0. The van der Waals surface area contributed by atoms with Gasteiger partial charge in [0.2, 0.25) is 0 Å². The van der Waals surface area contributed by atoms with E-state index in [4.69, 9.17) is 21.1 Å². The molecular weight excluding hydrogens is 701 g/mol. The zero-order valence-electron chi connectivity index (χ0n) is 38.0. The van der Waals surface area contributed by atoms with Crippen molar-refractivity contribution < 1.29 is 29.7 Å². The molecule has 0 heterocycles. The van der Waals surface area contributed by atoms with Gasteiger partial charge in [-0.2, -0.15) is 0 Å². The number of allylic oxidation sites excluding steroid dienone is 4. The number of nitrogens with zero attached hydrogens (tertiary/aromatic N) is 1. The lowest BCUT2D eigenvalue weighted by Gasteiger charge is -2.28. The van der Waals surface area contributed by atoms with Gasteiger partial charge in [0.25, 0.3) is 0 Å². The molecule has 0 aromatic heterocycles. The molecule has 0 aromatic carbocycles. The van der Waals surface area contributed by atoms with E-state index in [0.717, 1.165) is 6.54 Å². The van der Waals surface area contributed by atoms with Gasteiger partial charge in [-0.25, -0.2) is 0 Å². The molecule has 0 radical (unpaired) electrons. The summed E-state index contributed by atoms with van der Waals surface area (Å²) in [5.74, 6) is -2.24. The molecule has 0 rings (SSSR count). The number of rotatable bonds is 37. The standard InChI is InChI=1S/C39H78N2.3C3H6O2/c1-4-6-8-10-12-14-16-18-20-22-24-26-28-30-32-34-36-41(39(3)38-40)37-35-33-31-29-27-25-23-21-19-17-15-13-11-9-7-5-2;3*1-2-3(4)5/h18-21,39H,4-17,22-38,40H2,1-3H3;3*2H2,1H3,(H,4,5)/b20-18-,21-19-;;;. The van der Waals surface area contributed by atoms with Crippen molar-refractivity contribution in [3.05, 3.63) is 24.3 Å². The molecule has 8 heteroatoms. The Kier molecular flexibility index (Phi) is 59.3. The van der Waals surface area contributed by atoms with E-state index in [-0.39, 0.29) is 19.3 Å². The minimum Gasteiger partial charge on any atom is -0.481 e. The second kappa shape index (κ2) is 54.9. The zero-order chi connectivity index (χ0) is 42.8. The smallest absolute Gasteiger partial charge is 0.303 e. The Morgan fingerprint density at radius 1 is 0.429 bits per heavy atom. The number of carboxylic acid groups (broad SMARTS) is 3. The van der Waals surface area contributed by atoms with E-state index >= 15 is 0 Å². The summed E-state index contributed by atoms with van der Waals surface area (Å²) < 4.78 is 0. The third kappa shape index (κ3) is 63.7. The Balaban J connectivity index is -0.000000755. The molecule has 334 valence electrons. The van der Waals surface area contributed by atoms with E-state index < -0.39 is 17.9 Å². The van der Waals surface area contributed by atoms with E-state index in [9.17, 15) is 14.4 Å². The van der Waals surface area contributed by atoms with Crippen LogP contribution in [0.25, 0.3) is 0 Å². The van der Waals surface area contributed by atoms with Crippen LogP contribution in [0.5, 0.6) is 0 Å². The number of carboxylic acids is 3. The van der Waals surface area contributed by atoms with Crippen LogP contribution >= 0.6 is 0 Å². The van der Waals surface area contributed by atoms with Crippen LogP contribution < -0.4 is 5.73 Å². The normalized spacial score (nSPS) is 11.4. The van der Waals surface area contributed by atoms with Gasteiger partial charge in [0, 0.05) is 31.8 Å². The maximum absolute atomic E-state index is 9.37. The quantitative estimate of drug-likeness (QED) is 0.0360. The SMILES string of the molecule is CCC(=O)O.CCC(=O)O.CCC(=O)O.CCCCCCCC/C=C\CCCCCCCCN(CCCCCCCC/C=C\CCCCCCCC)C(C)CN. The van der Waals surface area contributed by atoms with E-state index in [1.807, 2.05) is 0 Å². The van der Waals surface area contributed by atoms with Crippen LogP contribution in [0.1, 0.15) is 241 Å². The van der Waals surface area contributed by atoms with Crippen molar-refractivity contribution in [1.29, 1.82) is 0 Å². The van der Waals surface area contributed by atoms with Crippen molar-refractivity contribution >= 4 is 17.9 Å². The van der Waals surface area contributed by atoms with Crippen molar-refractivity contribution in [2.24, 2.45) is 5.73 Å². The van der Waals surface area contributed by atoms with Crippen molar-refractivity contribution in [1.82, 2.24) is 4.90 Å². The molecule has 0 aromatic rings. The zero-order valence-corrected chi connectivity index (χ0v) is 38.0. The molecule has 5 N–H and O–H groups in total. The molecule has 1 unspecified atom stereocenters. The maximum Gasteiger partial charge on any atom is 0.303 e. The van der Waals surface area contributed by atoms with Gasteiger partial charge in [-0.05, 0) is 84.2 Å². The molecule has 0 bridgehead atoms. The monoisotopic (exact) mass is 797 g/mol. The lowest BCUT2D eigenvalue weighted by Crippen LogP contribution is -2.39. The van der Waals surface area contributed by atoms with Crippen LogP contribution in [-0.2, 0) is 14.4 Å². The molecule has 56 heavy (non-hydrogen) atoms. The average molecular weight is 797 g/mol. The number of unbranched alkanes of at least 4 members (excludes halogenated alkanes) is 24. The molecule has 0 saturated carbocycles. The fourth-order valence-corrected chi connectivity index (χ4v) is 5.83. The summed E-state index contributed by atoms with van der Waals surface area (Å²) in [6, 6.07) is 0.529. The highest BCUT2D eigenvalue weighted by Gasteiger charge is 2.11. The first-order chi connectivity index (χ1) is 27.1. The molecule has 0 aliphatic rings. The molecule has 8 nitrogen and oxygen atoms in total. The average Bonchev–Trinajstić information content (AvgIpc) is 3.19. The third-order valence-corrected chi connectivity index (χ3v) is 9.79. The molecular formula is C48H96N2O6. The van der Waals surface area contributed by atoms with Crippen LogP contribution in [0.15, 0.2) is 24.3 Å². The molecule has 0 fully saturated rings. The second-order valence-corrected chi connectivity index (χ2v) is 15.2. The Morgan fingerprint density at radius 3 is 0.857 bits per heavy atom. The van der Waals surface area contributed by atoms with Crippen molar-refractivity contribution in [3.8, 4) is 0 Å². The van der Waals surface area contributed by atoms with Gasteiger partial charge in [-0.15, -0.1) is 0 Å². The highest BCUT2D eigenvalue weighted by atomic mass is 16.4. The van der Waals surface area contributed by atoms with Crippen LogP contribution in [0.4, 0.5) is 0 Å². The van der Waals surface area contributed by atoms with Crippen LogP contribution in [-0.4, -0.2) is 63.8 Å². The number of aliphatic carboxylic acids is 3. The van der Waals surface area contributed by atoms with Gasteiger partial charge in [0.05, 0.1) is 0 Å². The summed E-state index contributed by atoms with van der Waals surface area (Å²) in [4.78, 5) is 30.8. The summed E-state index contributed by atoms with van der Waals surface area (Å²) in [6.07, 6.45) is 49.1. The highest BCUT2D eigenvalue weighted by Crippen LogP contribution is 2.13. The molecule has 0 aliphatic carbocycles. The van der Waals surface area contributed by atoms with E-state index in [2.05, 4.69) is 50.0 Å². The largest absolute Gasteiger partial charge is 0.481 e. The minimum atomic E-state index is -0.745. The van der Waals surface area contributed by atoms with Gasteiger partial charge >= 0.3 is 17.9 Å². The Bertz CT molecular complexity index is 772. The number of hydrogen-bond donors (Lipinski definition) is 4. The first kappa shape index (κ1) is 60.5. The Hall–Kier alpha value is -2.19. The van der Waals surface area contributed by atoms with E-state index in [1.54, 1.807) is 20.8 Å². The number of hydrogen-bond acceptors (Lipinski definition) is 5. The highest BCUT2D eigenvalue weighted by molar-refractivity contribution is 5.66. The van der Waals surface area contributed by atoms with Crippen LogP contribution in [0.3, 0.4) is 0 Å². The summed E-state index contributed by atoms with van der Waals surface area (Å²) in [7, 11) is 0. The second-order valence-electron chi connectivity index (χ2n) is 15.2. The van der Waals surface area contributed by atoms with Gasteiger partial charge in [0.1, 0.15) is 0 Å². The first-order valence-corrected chi connectivity index (χ1v) is 23.5. The van der Waals surface area contributed by atoms with E-state index in [1.165, 1.54) is 193 Å². The Morgan fingerprint density at radius 2 is 0.643 bits per heavy atom. The third-order valence-electron chi connectivity index (χ3n) is 9.79. The van der Waals surface area contributed by atoms with Gasteiger partial charge < -0.3 is 21.1 Å². The van der Waals surface area contributed by atoms with Gasteiger partial charge in [-0.1, -0.05) is 174 Å². The van der Waals surface area contributed by atoms with Crippen molar-refractivity contribution in [3.63, 3.8) is 0 Å². The summed E-state index contributed by atoms with van der Waals surface area (Å²) in [5.41, 5.74) is 6.04. The van der Waals surface area contributed by atoms with Crippen LogP contribution in [0.2, 0.25) is 0 Å². The van der Waals surface area contributed by atoms with Crippen molar-refractivity contribution in [2.75, 3.05) is 19.6 Å². The number of nitrogens with two attached hydrogens (primary N) is 1. The van der Waals surface area contributed by atoms with Gasteiger partial charge in [0.15, 0.2) is 0 Å². The van der Waals surface area contributed by atoms with Crippen LogP contribution in [0, 0.1) is 0 Å².